The monoisotopic (exact) mass is 331 g/mol. The van der Waals surface area contributed by atoms with E-state index >= 15 is 0 Å². The number of rotatable bonds is 2. The van der Waals surface area contributed by atoms with E-state index < -0.39 is 11.7 Å². The second-order valence-corrected chi connectivity index (χ2v) is 7.29. The summed E-state index contributed by atoms with van der Waals surface area (Å²) in [6, 6.07) is 7.65. The third-order valence-corrected chi connectivity index (χ3v) is 4.07. The third-order valence-electron chi connectivity index (χ3n) is 4.07. The van der Waals surface area contributed by atoms with Gasteiger partial charge in [-0.2, -0.15) is 5.26 Å². The van der Waals surface area contributed by atoms with Crippen molar-refractivity contribution < 1.29 is 14.6 Å². The van der Waals surface area contributed by atoms with Crippen LogP contribution in [0.1, 0.15) is 40.2 Å². The summed E-state index contributed by atoms with van der Waals surface area (Å²) in [6.07, 6.45) is -0.884. The van der Waals surface area contributed by atoms with Gasteiger partial charge in [0.15, 0.2) is 0 Å². The first-order chi connectivity index (χ1) is 11.1. The second-order valence-electron chi connectivity index (χ2n) is 7.29. The van der Waals surface area contributed by atoms with Crippen LogP contribution in [0.2, 0.25) is 0 Å². The molecule has 0 radical (unpaired) electrons. The predicted octanol–water partition coefficient (Wildman–Crippen LogP) is 3.31. The van der Waals surface area contributed by atoms with Crippen molar-refractivity contribution in [1.29, 1.82) is 5.26 Å². The van der Waals surface area contributed by atoms with Crippen LogP contribution in [-0.4, -0.2) is 46.9 Å². The minimum atomic E-state index is -0.884. The van der Waals surface area contributed by atoms with Crippen LogP contribution in [0.25, 0.3) is 0 Å². The van der Waals surface area contributed by atoms with Crippen LogP contribution in [0.3, 0.4) is 0 Å². The van der Waals surface area contributed by atoms with Gasteiger partial charge in [-0.25, -0.2) is 4.79 Å². The van der Waals surface area contributed by atoms with Gasteiger partial charge in [0.25, 0.3) is 0 Å². The Labute approximate surface area is 143 Å². The molecule has 1 amide bonds. The van der Waals surface area contributed by atoms with Crippen molar-refractivity contribution in [2.24, 2.45) is 0 Å². The fourth-order valence-corrected chi connectivity index (χ4v) is 2.95. The lowest BCUT2D eigenvalue weighted by Crippen LogP contribution is -2.58. The number of carboxylic acid groups (broad SMARTS) is 1. The highest BCUT2D eigenvalue weighted by molar-refractivity contribution is 5.66. The first-order valence-electron chi connectivity index (χ1n) is 8.11. The van der Waals surface area contributed by atoms with Gasteiger partial charge >= 0.3 is 6.09 Å². The zero-order chi connectivity index (χ0) is 18.1. The molecular formula is C18H25N3O3. The summed E-state index contributed by atoms with van der Waals surface area (Å²) in [6.45, 7) is 10.8. The molecule has 1 fully saturated rings. The number of nitriles is 1. The number of hydrogen-bond acceptors (Lipinski definition) is 4. The Kier molecular flexibility index (Phi) is 4.93. The number of amides is 1. The fourth-order valence-electron chi connectivity index (χ4n) is 2.95. The highest BCUT2D eigenvalue weighted by Gasteiger charge is 2.32. The maximum atomic E-state index is 11.3. The van der Waals surface area contributed by atoms with E-state index in [-0.39, 0.29) is 12.1 Å². The highest BCUT2D eigenvalue weighted by atomic mass is 16.5. The normalized spacial score (nSPS) is 21.3. The van der Waals surface area contributed by atoms with E-state index in [1.54, 1.807) is 6.07 Å². The number of hydrogen-bond donors (Lipinski definition) is 1. The molecule has 0 spiro atoms. The van der Waals surface area contributed by atoms with Gasteiger partial charge in [0.1, 0.15) is 17.4 Å². The summed E-state index contributed by atoms with van der Waals surface area (Å²) >= 11 is 0. The standard InChI is InChI=1S/C18H25N3O3/c1-12-11-21(17(22)23)13(2)10-20(12)15-7-6-14(9-19)16(8-15)24-18(3,4)5/h6-8,12-13H,10-11H2,1-5H3,(H,22,23)/t12-,13+/m0/s1. The Morgan fingerprint density at radius 3 is 2.50 bits per heavy atom. The number of benzene rings is 1. The molecule has 1 aromatic rings. The number of ether oxygens (including phenoxy) is 1. The average Bonchev–Trinajstić information content (AvgIpc) is 2.47. The quantitative estimate of drug-likeness (QED) is 0.899. The molecule has 24 heavy (non-hydrogen) atoms. The Bertz CT molecular complexity index is 660. The molecule has 130 valence electrons. The number of piperazine rings is 1. The Morgan fingerprint density at radius 1 is 1.29 bits per heavy atom. The number of anilines is 1. The van der Waals surface area contributed by atoms with Crippen molar-refractivity contribution in [3.63, 3.8) is 0 Å². The molecule has 2 rings (SSSR count). The van der Waals surface area contributed by atoms with Crippen molar-refractivity contribution in [1.82, 2.24) is 4.90 Å². The van der Waals surface area contributed by atoms with E-state index in [0.29, 0.717) is 24.4 Å². The zero-order valence-electron chi connectivity index (χ0n) is 14.9. The fraction of sp³-hybridized carbons (Fsp3) is 0.556. The molecule has 0 aromatic heterocycles. The summed E-state index contributed by atoms with van der Waals surface area (Å²) in [7, 11) is 0. The Morgan fingerprint density at radius 2 is 1.96 bits per heavy atom. The molecule has 0 bridgehead atoms. The molecule has 1 saturated heterocycles. The zero-order valence-corrected chi connectivity index (χ0v) is 14.9. The van der Waals surface area contributed by atoms with Gasteiger partial charge < -0.3 is 19.6 Å². The van der Waals surface area contributed by atoms with Gasteiger partial charge in [-0.1, -0.05) is 0 Å². The van der Waals surface area contributed by atoms with Crippen molar-refractivity contribution in [3.05, 3.63) is 23.8 Å². The van der Waals surface area contributed by atoms with E-state index in [9.17, 15) is 15.2 Å². The Balaban J connectivity index is 2.31. The molecule has 1 heterocycles. The molecule has 6 heteroatoms. The molecule has 0 aliphatic carbocycles. The van der Waals surface area contributed by atoms with Crippen LogP contribution in [0.5, 0.6) is 5.75 Å². The van der Waals surface area contributed by atoms with E-state index in [1.807, 2.05) is 46.8 Å². The summed E-state index contributed by atoms with van der Waals surface area (Å²) in [5.41, 5.74) is 1.04. The molecule has 1 aromatic carbocycles. The molecule has 2 atom stereocenters. The van der Waals surface area contributed by atoms with Gasteiger partial charge in [0, 0.05) is 36.9 Å². The predicted molar refractivity (Wildman–Crippen MR) is 92.5 cm³/mol. The highest BCUT2D eigenvalue weighted by Crippen LogP contribution is 2.31. The van der Waals surface area contributed by atoms with E-state index in [1.165, 1.54) is 4.90 Å². The minimum Gasteiger partial charge on any atom is -0.487 e. The molecule has 1 aliphatic rings. The lowest BCUT2D eigenvalue weighted by atomic mass is 10.1. The maximum absolute atomic E-state index is 11.3. The van der Waals surface area contributed by atoms with Gasteiger partial charge in [-0.05, 0) is 46.8 Å². The summed E-state index contributed by atoms with van der Waals surface area (Å²) < 4.78 is 5.92. The minimum absolute atomic E-state index is 0.0488. The maximum Gasteiger partial charge on any atom is 0.407 e. The summed E-state index contributed by atoms with van der Waals surface area (Å²) in [5, 5.41) is 18.6. The SMILES string of the molecule is C[C@@H]1CN(c2ccc(C#N)c(OC(C)(C)C)c2)[C@@H](C)CN1C(=O)O. The van der Waals surface area contributed by atoms with Crippen molar-refractivity contribution in [2.45, 2.75) is 52.3 Å². The van der Waals surface area contributed by atoms with E-state index in [0.717, 1.165) is 5.69 Å². The smallest absolute Gasteiger partial charge is 0.407 e. The Hall–Kier alpha value is -2.42. The largest absolute Gasteiger partial charge is 0.487 e. The molecule has 6 nitrogen and oxygen atoms in total. The summed E-state index contributed by atoms with van der Waals surface area (Å²) in [5.74, 6) is 0.558. The van der Waals surface area contributed by atoms with Crippen molar-refractivity contribution in [3.8, 4) is 11.8 Å². The molecule has 1 N–H and O–H groups in total. The van der Waals surface area contributed by atoms with Crippen molar-refractivity contribution >= 4 is 11.8 Å². The third kappa shape index (κ3) is 3.91. The summed E-state index contributed by atoms with van der Waals surface area (Å²) in [4.78, 5) is 14.9. The van der Waals surface area contributed by atoms with Gasteiger partial charge in [-0.3, -0.25) is 0 Å². The molecule has 0 unspecified atom stereocenters. The lowest BCUT2D eigenvalue weighted by molar-refractivity contribution is 0.114. The van der Waals surface area contributed by atoms with Crippen molar-refractivity contribution in [2.75, 3.05) is 18.0 Å². The molecular weight excluding hydrogens is 306 g/mol. The van der Waals surface area contributed by atoms with E-state index in [2.05, 4.69) is 11.0 Å². The average molecular weight is 331 g/mol. The van der Waals surface area contributed by atoms with E-state index in [4.69, 9.17) is 4.74 Å². The van der Waals surface area contributed by atoms with Crippen LogP contribution >= 0.6 is 0 Å². The number of nitrogens with zero attached hydrogens (tertiary/aromatic N) is 3. The van der Waals surface area contributed by atoms with Gasteiger partial charge in [0.05, 0.1) is 5.56 Å². The first-order valence-corrected chi connectivity index (χ1v) is 8.11. The van der Waals surface area contributed by atoms with Crippen LogP contribution in [0, 0.1) is 11.3 Å². The molecule has 0 saturated carbocycles. The van der Waals surface area contributed by atoms with Crippen LogP contribution < -0.4 is 9.64 Å². The van der Waals surface area contributed by atoms with Crippen LogP contribution in [0.4, 0.5) is 10.5 Å². The van der Waals surface area contributed by atoms with Gasteiger partial charge in [0.2, 0.25) is 0 Å². The van der Waals surface area contributed by atoms with Crippen LogP contribution in [0.15, 0.2) is 18.2 Å². The van der Waals surface area contributed by atoms with Crippen LogP contribution in [-0.2, 0) is 0 Å². The molecule has 1 aliphatic heterocycles. The lowest BCUT2D eigenvalue weighted by Gasteiger charge is -2.44. The number of carbonyl (C=O) groups is 1. The first kappa shape index (κ1) is 17.9. The topological polar surface area (TPSA) is 76.8 Å². The van der Waals surface area contributed by atoms with Gasteiger partial charge in [-0.15, -0.1) is 0 Å². The second kappa shape index (κ2) is 6.60.